The number of hydrogen-bond acceptors (Lipinski definition) is 2. The van der Waals surface area contributed by atoms with Crippen molar-refractivity contribution in [1.82, 2.24) is 0 Å². The van der Waals surface area contributed by atoms with Gasteiger partial charge in [0, 0.05) is 5.69 Å². The fourth-order valence-electron chi connectivity index (χ4n) is 2.14. The molecule has 0 unspecified atom stereocenters. The van der Waals surface area contributed by atoms with Gasteiger partial charge in [-0.2, -0.15) is 0 Å². The Morgan fingerprint density at radius 2 is 1.44 bits per heavy atom. The van der Waals surface area contributed by atoms with Gasteiger partial charge in [0.05, 0.1) is 6.61 Å². The van der Waals surface area contributed by atoms with Crippen LogP contribution in [0.15, 0.2) is 12.1 Å². The maximum atomic E-state index is 6.27. The van der Waals surface area contributed by atoms with Crippen molar-refractivity contribution < 1.29 is 4.74 Å². The van der Waals surface area contributed by atoms with E-state index in [1.54, 1.807) is 0 Å². The van der Waals surface area contributed by atoms with Gasteiger partial charge in [-0.1, -0.05) is 26.7 Å². The molecule has 102 valence electrons. The van der Waals surface area contributed by atoms with Crippen molar-refractivity contribution in [3.8, 4) is 5.75 Å². The van der Waals surface area contributed by atoms with E-state index >= 15 is 0 Å². The molecule has 0 aliphatic rings. The van der Waals surface area contributed by atoms with Gasteiger partial charge in [-0.05, 0) is 55.9 Å². The second-order valence-electron chi connectivity index (χ2n) is 4.80. The first-order valence-electron chi connectivity index (χ1n) is 7.26. The van der Waals surface area contributed by atoms with Gasteiger partial charge in [-0.15, -0.1) is 0 Å². The molecule has 0 aliphatic carbocycles. The fourth-order valence-corrected chi connectivity index (χ4v) is 2.14. The van der Waals surface area contributed by atoms with Gasteiger partial charge in [-0.3, -0.25) is 0 Å². The van der Waals surface area contributed by atoms with E-state index in [2.05, 4.69) is 26.0 Å². The second kappa shape index (κ2) is 8.02. The van der Waals surface area contributed by atoms with Crippen LogP contribution in [0.5, 0.6) is 5.75 Å². The van der Waals surface area contributed by atoms with E-state index in [-0.39, 0.29) is 0 Å². The Morgan fingerprint density at radius 1 is 0.944 bits per heavy atom. The highest BCUT2D eigenvalue weighted by Crippen LogP contribution is 2.27. The summed E-state index contributed by atoms with van der Waals surface area (Å²) in [6.45, 7) is 7.15. The van der Waals surface area contributed by atoms with Crippen LogP contribution in [-0.2, 0) is 12.8 Å². The van der Waals surface area contributed by atoms with Gasteiger partial charge < -0.3 is 10.5 Å². The van der Waals surface area contributed by atoms with Gasteiger partial charge >= 0.3 is 0 Å². The van der Waals surface area contributed by atoms with E-state index in [4.69, 9.17) is 10.5 Å². The lowest BCUT2D eigenvalue weighted by molar-refractivity contribution is 0.339. The lowest BCUT2D eigenvalue weighted by Gasteiger charge is -2.14. The van der Waals surface area contributed by atoms with E-state index in [1.165, 1.54) is 36.8 Å². The number of hydrogen-bond donors (Lipinski definition) is 1. The molecule has 0 spiro atoms. The molecule has 2 nitrogen and oxygen atoms in total. The molecule has 0 saturated heterocycles. The Hall–Kier alpha value is -1.18. The number of unbranched alkanes of at least 4 members (excludes halogenated alkanes) is 2. The third kappa shape index (κ3) is 4.25. The molecular weight excluding hydrogens is 222 g/mol. The Labute approximate surface area is 112 Å². The second-order valence-corrected chi connectivity index (χ2v) is 4.80. The number of nitrogen functional groups attached to an aromatic ring is 1. The minimum absolute atomic E-state index is 0.713. The van der Waals surface area contributed by atoms with Crippen LogP contribution in [0.25, 0.3) is 0 Å². The molecule has 0 atom stereocenters. The molecular formula is C16H27NO. The van der Waals surface area contributed by atoms with Gasteiger partial charge in [0.15, 0.2) is 0 Å². The average molecular weight is 249 g/mol. The molecule has 0 fully saturated rings. The van der Waals surface area contributed by atoms with E-state index < -0.39 is 0 Å². The van der Waals surface area contributed by atoms with Crippen LogP contribution in [0.3, 0.4) is 0 Å². The predicted octanol–water partition coefficient (Wildman–Crippen LogP) is 4.35. The number of benzene rings is 1. The minimum atomic E-state index is 0.713. The molecule has 2 heteroatoms. The number of anilines is 1. The summed E-state index contributed by atoms with van der Waals surface area (Å²) in [6.07, 6.45) is 6.88. The van der Waals surface area contributed by atoms with Crippen LogP contribution in [0.4, 0.5) is 5.69 Å². The lowest BCUT2D eigenvalue weighted by Crippen LogP contribution is -2.03. The molecule has 1 rings (SSSR count). The van der Waals surface area contributed by atoms with Crippen molar-refractivity contribution in [2.45, 2.75) is 59.3 Å². The summed E-state index contributed by atoms with van der Waals surface area (Å²) < 4.78 is 5.65. The summed E-state index contributed by atoms with van der Waals surface area (Å²) in [5, 5.41) is 0. The molecule has 1 aromatic rings. The monoisotopic (exact) mass is 249 g/mol. The van der Waals surface area contributed by atoms with E-state index in [1.807, 2.05) is 6.92 Å². The zero-order chi connectivity index (χ0) is 13.4. The van der Waals surface area contributed by atoms with Crippen molar-refractivity contribution in [2.24, 2.45) is 0 Å². The van der Waals surface area contributed by atoms with Crippen molar-refractivity contribution in [2.75, 3.05) is 12.3 Å². The topological polar surface area (TPSA) is 35.2 Å². The van der Waals surface area contributed by atoms with Crippen molar-refractivity contribution in [1.29, 1.82) is 0 Å². The summed E-state index contributed by atoms with van der Waals surface area (Å²) in [5.41, 5.74) is 9.78. The zero-order valence-corrected chi connectivity index (χ0v) is 12.1. The third-order valence-corrected chi connectivity index (χ3v) is 3.24. The van der Waals surface area contributed by atoms with Crippen molar-refractivity contribution in [3.63, 3.8) is 0 Å². The third-order valence-electron chi connectivity index (χ3n) is 3.24. The molecule has 2 N–H and O–H groups in total. The summed E-state index contributed by atoms with van der Waals surface area (Å²) in [5.74, 6) is 0.976. The number of rotatable bonds is 8. The Morgan fingerprint density at radius 3 is 1.83 bits per heavy atom. The first kappa shape index (κ1) is 14.9. The smallest absolute Gasteiger partial charge is 0.119 e. The summed E-state index contributed by atoms with van der Waals surface area (Å²) in [6, 6.07) is 4.23. The lowest BCUT2D eigenvalue weighted by atomic mass is 9.98. The highest BCUT2D eigenvalue weighted by molar-refractivity contribution is 5.57. The molecule has 1 aromatic carbocycles. The van der Waals surface area contributed by atoms with Crippen LogP contribution in [-0.4, -0.2) is 6.61 Å². The predicted molar refractivity (Wildman–Crippen MR) is 79.2 cm³/mol. The largest absolute Gasteiger partial charge is 0.494 e. The van der Waals surface area contributed by atoms with Crippen molar-refractivity contribution in [3.05, 3.63) is 23.3 Å². The molecule has 0 saturated carbocycles. The summed E-state index contributed by atoms with van der Waals surface area (Å²) >= 11 is 0. The summed E-state index contributed by atoms with van der Waals surface area (Å²) in [4.78, 5) is 0. The molecule has 18 heavy (non-hydrogen) atoms. The van der Waals surface area contributed by atoms with Crippen LogP contribution in [0.1, 0.15) is 57.6 Å². The van der Waals surface area contributed by atoms with Crippen LogP contribution < -0.4 is 10.5 Å². The standard InChI is InChI=1S/C16H27NO/c1-4-7-9-13-11-15(18-6-3)12-14(16(13)17)10-8-5-2/h11-12H,4-10,17H2,1-3H3. The van der Waals surface area contributed by atoms with Crippen molar-refractivity contribution >= 4 is 5.69 Å². The molecule has 0 heterocycles. The highest BCUT2D eigenvalue weighted by atomic mass is 16.5. The van der Waals surface area contributed by atoms with E-state index in [0.29, 0.717) is 6.61 Å². The zero-order valence-electron chi connectivity index (χ0n) is 12.1. The minimum Gasteiger partial charge on any atom is -0.494 e. The Bertz CT molecular complexity index is 331. The van der Waals surface area contributed by atoms with E-state index in [0.717, 1.165) is 24.3 Å². The van der Waals surface area contributed by atoms with E-state index in [9.17, 15) is 0 Å². The molecule has 0 radical (unpaired) electrons. The molecule has 0 bridgehead atoms. The molecule has 0 aliphatic heterocycles. The molecule has 0 amide bonds. The first-order valence-corrected chi connectivity index (χ1v) is 7.26. The first-order chi connectivity index (χ1) is 8.72. The Kier molecular flexibility index (Phi) is 6.63. The maximum absolute atomic E-state index is 6.27. The maximum Gasteiger partial charge on any atom is 0.119 e. The normalized spacial score (nSPS) is 10.6. The number of ether oxygens (including phenoxy) is 1. The fraction of sp³-hybridized carbons (Fsp3) is 0.625. The van der Waals surface area contributed by atoms with Gasteiger partial charge in [0.25, 0.3) is 0 Å². The van der Waals surface area contributed by atoms with Gasteiger partial charge in [-0.25, -0.2) is 0 Å². The van der Waals surface area contributed by atoms with Gasteiger partial charge in [0.2, 0.25) is 0 Å². The average Bonchev–Trinajstić information content (AvgIpc) is 2.37. The van der Waals surface area contributed by atoms with Crippen LogP contribution in [0, 0.1) is 0 Å². The molecule has 0 aromatic heterocycles. The SMILES string of the molecule is CCCCc1cc(OCC)cc(CCCC)c1N. The number of nitrogens with two attached hydrogens (primary N) is 1. The highest BCUT2D eigenvalue weighted by Gasteiger charge is 2.08. The quantitative estimate of drug-likeness (QED) is 0.695. The Balaban J connectivity index is 2.95. The number of aryl methyl sites for hydroxylation is 2. The summed E-state index contributed by atoms with van der Waals surface area (Å²) in [7, 11) is 0. The van der Waals surface area contributed by atoms with Gasteiger partial charge in [0.1, 0.15) is 5.75 Å². The van der Waals surface area contributed by atoms with Crippen LogP contribution in [0.2, 0.25) is 0 Å². The van der Waals surface area contributed by atoms with Crippen LogP contribution >= 0.6 is 0 Å².